The van der Waals surface area contributed by atoms with Crippen molar-refractivity contribution < 1.29 is 4.74 Å². The van der Waals surface area contributed by atoms with Crippen molar-refractivity contribution in [1.82, 2.24) is 10.2 Å². The Morgan fingerprint density at radius 1 is 1.30 bits per heavy atom. The summed E-state index contributed by atoms with van der Waals surface area (Å²) < 4.78 is 7.03. The van der Waals surface area contributed by atoms with Crippen LogP contribution in [0.1, 0.15) is 23.4 Å². The Hall–Kier alpha value is -0.590. The number of thiophene rings is 1. The summed E-state index contributed by atoms with van der Waals surface area (Å²) in [5.74, 6) is 0.921. The van der Waals surface area contributed by atoms with Crippen LogP contribution in [0, 0.1) is 0 Å². The maximum atomic E-state index is 6.30. The van der Waals surface area contributed by atoms with Crippen molar-refractivity contribution in [2.75, 3.05) is 32.8 Å². The first-order valence-corrected chi connectivity index (χ1v) is 9.80. The fraction of sp³-hybridized carbons (Fsp3) is 0.412. The molecule has 1 aliphatic rings. The van der Waals surface area contributed by atoms with Crippen LogP contribution in [0.3, 0.4) is 0 Å². The molecule has 1 N–H and O–H groups in total. The van der Waals surface area contributed by atoms with E-state index in [-0.39, 0.29) is 6.04 Å². The van der Waals surface area contributed by atoms with E-state index < -0.39 is 0 Å². The summed E-state index contributed by atoms with van der Waals surface area (Å²) in [6.07, 6.45) is 0. The lowest BCUT2D eigenvalue weighted by atomic mass is 10.0. The van der Waals surface area contributed by atoms with Gasteiger partial charge in [0.05, 0.1) is 16.4 Å². The van der Waals surface area contributed by atoms with Gasteiger partial charge in [0.25, 0.3) is 0 Å². The number of piperazine rings is 1. The molecule has 6 heteroatoms. The van der Waals surface area contributed by atoms with E-state index in [2.05, 4.69) is 38.3 Å². The fourth-order valence-electron chi connectivity index (χ4n) is 2.97. The molecule has 3 nitrogen and oxygen atoms in total. The van der Waals surface area contributed by atoms with Crippen LogP contribution in [-0.2, 0) is 0 Å². The maximum Gasteiger partial charge on any atom is 0.124 e. The zero-order valence-corrected chi connectivity index (χ0v) is 16.2. The van der Waals surface area contributed by atoms with Gasteiger partial charge < -0.3 is 10.1 Å². The lowest BCUT2D eigenvalue weighted by Gasteiger charge is -2.35. The molecule has 1 aromatic heterocycles. The molecule has 1 aliphatic heterocycles. The van der Waals surface area contributed by atoms with Gasteiger partial charge in [-0.25, -0.2) is 0 Å². The monoisotopic (exact) mass is 414 g/mol. The first-order valence-electron chi connectivity index (χ1n) is 7.81. The summed E-state index contributed by atoms with van der Waals surface area (Å²) in [6.45, 7) is 6.70. The standard InChI is InChI=1S/C17H20BrClN2OS/c1-2-22-14-4-3-12(19)11-13(14)17(15-5-6-16(18)23-15)21-9-7-20-8-10-21/h3-6,11,17,20H,2,7-10H2,1H3. The summed E-state index contributed by atoms with van der Waals surface area (Å²) in [4.78, 5) is 3.81. The number of ether oxygens (including phenoxy) is 1. The number of rotatable bonds is 5. The Morgan fingerprint density at radius 2 is 2.09 bits per heavy atom. The molecule has 0 spiro atoms. The zero-order valence-electron chi connectivity index (χ0n) is 13.0. The van der Waals surface area contributed by atoms with Gasteiger partial charge >= 0.3 is 0 Å². The summed E-state index contributed by atoms with van der Waals surface area (Å²) in [5, 5.41) is 4.17. The van der Waals surface area contributed by atoms with Crippen LogP contribution >= 0.6 is 38.9 Å². The van der Waals surface area contributed by atoms with Crippen LogP contribution in [0.5, 0.6) is 5.75 Å². The van der Waals surface area contributed by atoms with E-state index in [1.165, 1.54) is 4.88 Å². The topological polar surface area (TPSA) is 24.5 Å². The minimum atomic E-state index is 0.175. The van der Waals surface area contributed by atoms with E-state index in [9.17, 15) is 0 Å². The van der Waals surface area contributed by atoms with Crippen molar-refractivity contribution in [2.24, 2.45) is 0 Å². The molecular formula is C17H20BrClN2OS. The molecule has 23 heavy (non-hydrogen) atoms. The van der Waals surface area contributed by atoms with Crippen LogP contribution in [0.4, 0.5) is 0 Å². The molecular weight excluding hydrogens is 396 g/mol. The number of hydrogen-bond donors (Lipinski definition) is 1. The van der Waals surface area contributed by atoms with Crippen LogP contribution in [0.25, 0.3) is 0 Å². The molecule has 1 fully saturated rings. The number of hydrogen-bond acceptors (Lipinski definition) is 4. The van der Waals surface area contributed by atoms with Gasteiger partial charge in [-0.15, -0.1) is 11.3 Å². The molecule has 3 rings (SSSR count). The van der Waals surface area contributed by atoms with Crippen LogP contribution in [0.2, 0.25) is 5.02 Å². The average molecular weight is 416 g/mol. The van der Waals surface area contributed by atoms with Crippen LogP contribution < -0.4 is 10.1 Å². The number of benzene rings is 1. The fourth-order valence-corrected chi connectivity index (χ4v) is 4.72. The van der Waals surface area contributed by atoms with Gasteiger partial charge in [0.15, 0.2) is 0 Å². The third-order valence-corrected chi connectivity index (χ3v) is 5.86. The predicted molar refractivity (Wildman–Crippen MR) is 101 cm³/mol. The largest absolute Gasteiger partial charge is 0.494 e. The molecule has 0 saturated carbocycles. The lowest BCUT2D eigenvalue weighted by molar-refractivity contribution is 0.196. The Balaban J connectivity index is 2.05. The Kier molecular flexibility index (Phi) is 5.99. The van der Waals surface area contributed by atoms with Crippen molar-refractivity contribution in [3.8, 4) is 5.75 Å². The Bertz CT molecular complexity index is 658. The second-order valence-electron chi connectivity index (χ2n) is 5.45. The van der Waals surface area contributed by atoms with Crippen LogP contribution in [0.15, 0.2) is 34.1 Å². The van der Waals surface area contributed by atoms with Gasteiger partial charge in [-0.1, -0.05) is 11.6 Å². The van der Waals surface area contributed by atoms with E-state index >= 15 is 0 Å². The van der Waals surface area contributed by atoms with Crippen LogP contribution in [-0.4, -0.2) is 37.7 Å². The minimum absolute atomic E-state index is 0.175. The van der Waals surface area contributed by atoms with Crippen molar-refractivity contribution >= 4 is 38.9 Å². The van der Waals surface area contributed by atoms with E-state index in [0.717, 1.165) is 46.3 Å². The Morgan fingerprint density at radius 3 is 2.74 bits per heavy atom. The number of nitrogens with zero attached hydrogens (tertiary/aromatic N) is 1. The molecule has 1 atom stereocenters. The molecule has 1 unspecified atom stereocenters. The van der Waals surface area contributed by atoms with E-state index in [4.69, 9.17) is 16.3 Å². The SMILES string of the molecule is CCOc1ccc(Cl)cc1C(c1ccc(Br)s1)N1CCNCC1. The third-order valence-electron chi connectivity index (χ3n) is 3.95. The molecule has 0 aliphatic carbocycles. The predicted octanol–water partition coefficient (Wildman–Crippen LogP) is 4.56. The summed E-state index contributed by atoms with van der Waals surface area (Å²) in [5.41, 5.74) is 1.15. The van der Waals surface area contributed by atoms with E-state index in [1.54, 1.807) is 11.3 Å². The molecule has 0 amide bonds. The second kappa shape index (κ2) is 7.99. The first-order chi connectivity index (χ1) is 11.2. The lowest BCUT2D eigenvalue weighted by Crippen LogP contribution is -2.45. The van der Waals surface area contributed by atoms with Gasteiger partial charge in [-0.05, 0) is 53.2 Å². The molecule has 2 aromatic rings. The average Bonchev–Trinajstić information content (AvgIpc) is 2.97. The minimum Gasteiger partial charge on any atom is -0.494 e. The highest BCUT2D eigenvalue weighted by atomic mass is 79.9. The second-order valence-corrected chi connectivity index (χ2v) is 8.38. The molecule has 124 valence electrons. The van der Waals surface area contributed by atoms with Gasteiger partial charge in [0, 0.05) is 41.6 Å². The van der Waals surface area contributed by atoms with E-state index in [0.29, 0.717) is 6.61 Å². The van der Waals surface area contributed by atoms with Gasteiger partial charge in [-0.2, -0.15) is 0 Å². The van der Waals surface area contributed by atoms with Crippen molar-refractivity contribution in [1.29, 1.82) is 0 Å². The van der Waals surface area contributed by atoms with E-state index in [1.807, 2.05) is 25.1 Å². The molecule has 0 radical (unpaired) electrons. The first kappa shape index (κ1) is 17.2. The van der Waals surface area contributed by atoms with Gasteiger partial charge in [-0.3, -0.25) is 4.90 Å². The third kappa shape index (κ3) is 4.09. The quantitative estimate of drug-likeness (QED) is 0.775. The van der Waals surface area contributed by atoms with Gasteiger partial charge in [0.1, 0.15) is 5.75 Å². The summed E-state index contributed by atoms with van der Waals surface area (Å²) in [6, 6.07) is 10.4. The molecule has 0 bridgehead atoms. The molecule has 1 aromatic carbocycles. The maximum absolute atomic E-state index is 6.30. The molecule has 2 heterocycles. The molecule has 1 saturated heterocycles. The highest BCUT2D eigenvalue weighted by molar-refractivity contribution is 9.11. The normalized spacial score (nSPS) is 17.2. The number of halogens is 2. The highest BCUT2D eigenvalue weighted by Crippen LogP contribution is 2.40. The summed E-state index contributed by atoms with van der Waals surface area (Å²) >= 11 is 11.7. The van der Waals surface area contributed by atoms with Gasteiger partial charge in [0.2, 0.25) is 0 Å². The van der Waals surface area contributed by atoms with Crippen molar-refractivity contribution in [3.63, 3.8) is 0 Å². The van der Waals surface area contributed by atoms with Crippen molar-refractivity contribution in [3.05, 3.63) is 49.6 Å². The zero-order chi connectivity index (χ0) is 16.2. The smallest absolute Gasteiger partial charge is 0.124 e. The highest BCUT2D eigenvalue weighted by Gasteiger charge is 2.28. The van der Waals surface area contributed by atoms with Crippen molar-refractivity contribution in [2.45, 2.75) is 13.0 Å². The number of nitrogens with one attached hydrogen (secondary N) is 1. The Labute approximate surface area is 154 Å². The summed E-state index contributed by atoms with van der Waals surface area (Å²) in [7, 11) is 0.